The number of ether oxygens (including phenoxy) is 2. The summed E-state index contributed by atoms with van der Waals surface area (Å²) >= 11 is 0. The van der Waals surface area contributed by atoms with Crippen molar-refractivity contribution in [3.05, 3.63) is 71.8 Å². The second-order valence-electron chi connectivity index (χ2n) is 8.65. The largest absolute Gasteiger partial charge is 0.478 e. The van der Waals surface area contributed by atoms with Gasteiger partial charge in [0, 0.05) is 0 Å². The van der Waals surface area contributed by atoms with Crippen LogP contribution in [0.15, 0.2) is 70.6 Å². The van der Waals surface area contributed by atoms with E-state index in [0.717, 1.165) is 24.8 Å². The number of piperidine rings is 1. The first-order valence-corrected chi connectivity index (χ1v) is 11.6. The lowest BCUT2D eigenvalue weighted by molar-refractivity contribution is 0.216. The summed E-state index contributed by atoms with van der Waals surface area (Å²) < 4.78 is 12.3. The normalized spacial score (nSPS) is 23.9. The quantitative estimate of drug-likeness (QED) is 0.649. The standard InChI is InChI=1S/C26H31N3O2/c1-4-10-20(11-5-1)23-18-30-25(27-23)22(14-17-29-15-8-3-9-16-29)26-28-24(19-31-26)21-12-6-2-7-13-21/h1-2,4-7,10-13,22-24H,3,8-9,14-19H2/t23-,24-/m1/s1. The number of rotatable bonds is 7. The molecule has 5 nitrogen and oxygen atoms in total. The van der Waals surface area contributed by atoms with E-state index >= 15 is 0 Å². The maximum absolute atomic E-state index is 6.15. The maximum atomic E-state index is 6.15. The first-order valence-electron chi connectivity index (χ1n) is 11.6. The van der Waals surface area contributed by atoms with Crippen LogP contribution in [0.1, 0.15) is 48.9 Å². The fraction of sp³-hybridized carbons (Fsp3) is 0.462. The Morgan fingerprint density at radius 2 is 1.26 bits per heavy atom. The van der Waals surface area contributed by atoms with Gasteiger partial charge in [-0.2, -0.15) is 0 Å². The van der Waals surface area contributed by atoms with Gasteiger partial charge in [-0.15, -0.1) is 0 Å². The van der Waals surface area contributed by atoms with E-state index in [2.05, 4.69) is 53.4 Å². The molecule has 3 aliphatic heterocycles. The molecular formula is C26H31N3O2. The lowest BCUT2D eigenvalue weighted by atomic mass is 10.0. The molecule has 0 bridgehead atoms. The number of nitrogens with zero attached hydrogens (tertiary/aromatic N) is 3. The molecule has 0 amide bonds. The van der Waals surface area contributed by atoms with Crippen LogP contribution in [0.25, 0.3) is 0 Å². The predicted molar refractivity (Wildman–Crippen MR) is 124 cm³/mol. The van der Waals surface area contributed by atoms with Gasteiger partial charge in [0.1, 0.15) is 31.2 Å². The van der Waals surface area contributed by atoms with Gasteiger partial charge in [-0.25, -0.2) is 9.98 Å². The Balaban J connectivity index is 1.36. The third-order valence-electron chi connectivity index (χ3n) is 6.49. The SMILES string of the molecule is c1ccc([C@H]2COC(C(CCN3CCCCC3)C3=N[C@@H](c4ccccc4)CO3)=N2)cc1. The third kappa shape index (κ3) is 4.82. The van der Waals surface area contributed by atoms with Gasteiger partial charge in [0.15, 0.2) is 11.8 Å². The molecule has 2 aromatic carbocycles. The smallest absolute Gasteiger partial charge is 0.196 e. The highest BCUT2D eigenvalue weighted by molar-refractivity contribution is 6.01. The van der Waals surface area contributed by atoms with Crippen LogP contribution < -0.4 is 0 Å². The first kappa shape index (κ1) is 20.3. The van der Waals surface area contributed by atoms with Crippen LogP contribution in [0.5, 0.6) is 0 Å². The number of hydrogen-bond donors (Lipinski definition) is 0. The van der Waals surface area contributed by atoms with Gasteiger partial charge in [-0.05, 0) is 50.0 Å². The lowest BCUT2D eigenvalue weighted by Gasteiger charge is -2.27. The molecule has 0 aromatic heterocycles. The van der Waals surface area contributed by atoms with Crippen LogP contribution >= 0.6 is 0 Å². The monoisotopic (exact) mass is 417 g/mol. The Morgan fingerprint density at radius 3 is 1.77 bits per heavy atom. The molecule has 5 heteroatoms. The molecule has 2 aromatic rings. The molecular weight excluding hydrogens is 386 g/mol. The van der Waals surface area contributed by atoms with Crippen molar-refractivity contribution in [2.45, 2.75) is 37.8 Å². The van der Waals surface area contributed by atoms with E-state index in [0.29, 0.717) is 13.2 Å². The third-order valence-corrected chi connectivity index (χ3v) is 6.49. The average Bonchev–Trinajstić information content (AvgIpc) is 3.52. The van der Waals surface area contributed by atoms with E-state index in [9.17, 15) is 0 Å². The zero-order valence-corrected chi connectivity index (χ0v) is 18.0. The number of hydrogen-bond acceptors (Lipinski definition) is 5. The van der Waals surface area contributed by atoms with Crippen LogP contribution in [-0.2, 0) is 9.47 Å². The van der Waals surface area contributed by atoms with Crippen LogP contribution in [0.4, 0.5) is 0 Å². The van der Waals surface area contributed by atoms with E-state index in [-0.39, 0.29) is 18.0 Å². The van der Waals surface area contributed by atoms with Crippen LogP contribution in [0.2, 0.25) is 0 Å². The van der Waals surface area contributed by atoms with Crippen LogP contribution in [0, 0.1) is 5.92 Å². The van der Waals surface area contributed by atoms with Crippen molar-refractivity contribution in [1.82, 2.24) is 4.90 Å². The van der Waals surface area contributed by atoms with E-state index < -0.39 is 0 Å². The minimum Gasteiger partial charge on any atom is -0.478 e. The van der Waals surface area contributed by atoms with Gasteiger partial charge in [0.2, 0.25) is 0 Å². The molecule has 0 spiro atoms. The van der Waals surface area contributed by atoms with Gasteiger partial charge in [0.25, 0.3) is 0 Å². The highest BCUT2D eigenvalue weighted by atomic mass is 16.5. The molecule has 2 atom stereocenters. The molecule has 0 radical (unpaired) electrons. The number of benzene rings is 2. The van der Waals surface area contributed by atoms with Gasteiger partial charge >= 0.3 is 0 Å². The zero-order valence-electron chi connectivity index (χ0n) is 18.0. The summed E-state index contributed by atoms with van der Waals surface area (Å²) in [7, 11) is 0. The molecule has 3 aliphatic rings. The summed E-state index contributed by atoms with van der Waals surface area (Å²) in [6, 6.07) is 20.9. The first-order chi connectivity index (χ1) is 15.4. The maximum Gasteiger partial charge on any atom is 0.196 e. The highest BCUT2D eigenvalue weighted by Gasteiger charge is 2.35. The summed E-state index contributed by atoms with van der Waals surface area (Å²) in [6.07, 6.45) is 4.88. The molecule has 1 saturated heterocycles. The zero-order chi connectivity index (χ0) is 20.9. The molecule has 0 aliphatic carbocycles. The summed E-state index contributed by atoms with van der Waals surface area (Å²) in [6.45, 7) is 4.59. The average molecular weight is 418 g/mol. The summed E-state index contributed by atoms with van der Waals surface area (Å²) in [5.74, 6) is 1.57. The van der Waals surface area contributed by atoms with Gasteiger partial charge in [-0.3, -0.25) is 0 Å². The van der Waals surface area contributed by atoms with Crippen molar-refractivity contribution in [2.24, 2.45) is 15.9 Å². The van der Waals surface area contributed by atoms with E-state index in [4.69, 9.17) is 19.5 Å². The topological polar surface area (TPSA) is 46.4 Å². The fourth-order valence-electron chi connectivity index (χ4n) is 4.71. The Labute approximate surface area is 184 Å². The van der Waals surface area contributed by atoms with E-state index in [1.165, 1.54) is 43.5 Å². The Kier molecular flexibility index (Phi) is 6.30. The minimum absolute atomic E-state index is 0.00986. The molecule has 0 N–H and O–H groups in total. The fourth-order valence-corrected chi connectivity index (χ4v) is 4.71. The van der Waals surface area contributed by atoms with Crippen LogP contribution in [0.3, 0.4) is 0 Å². The van der Waals surface area contributed by atoms with Gasteiger partial charge in [0.05, 0.1) is 0 Å². The summed E-state index contributed by atoms with van der Waals surface area (Å²) in [5, 5.41) is 0. The number of aliphatic imine (C=N–C) groups is 2. The highest BCUT2D eigenvalue weighted by Crippen LogP contribution is 2.31. The predicted octanol–water partition coefficient (Wildman–Crippen LogP) is 4.82. The van der Waals surface area contributed by atoms with Crippen molar-refractivity contribution < 1.29 is 9.47 Å². The van der Waals surface area contributed by atoms with Crippen molar-refractivity contribution in [3.63, 3.8) is 0 Å². The molecule has 0 saturated carbocycles. The molecule has 1 fully saturated rings. The van der Waals surface area contributed by atoms with Crippen molar-refractivity contribution in [2.75, 3.05) is 32.8 Å². The van der Waals surface area contributed by atoms with Crippen molar-refractivity contribution in [3.8, 4) is 0 Å². The summed E-state index contributed by atoms with van der Waals surface area (Å²) in [4.78, 5) is 12.5. The second-order valence-corrected chi connectivity index (χ2v) is 8.65. The Hall–Kier alpha value is -2.66. The molecule has 31 heavy (non-hydrogen) atoms. The van der Waals surface area contributed by atoms with E-state index in [1.807, 2.05) is 12.1 Å². The molecule has 3 heterocycles. The van der Waals surface area contributed by atoms with E-state index in [1.54, 1.807) is 0 Å². The molecule has 162 valence electrons. The Morgan fingerprint density at radius 1 is 0.742 bits per heavy atom. The van der Waals surface area contributed by atoms with Gasteiger partial charge in [-0.1, -0.05) is 67.1 Å². The summed E-state index contributed by atoms with van der Waals surface area (Å²) in [5.41, 5.74) is 2.40. The minimum atomic E-state index is -0.00986. The van der Waals surface area contributed by atoms with Gasteiger partial charge < -0.3 is 14.4 Å². The number of likely N-dealkylation sites (tertiary alicyclic amines) is 1. The lowest BCUT2D eigenvalue weighted by Crippen LogP contribution is -2.34. The van der Waals surface area contributed by atoms with Crippen LogP contribution in [-0.4, -0.2) is 49.5 Å². The Bertz CT molecular complexity index is 841. The van der Waals surface area contributed by atoms with Crippen molar-refractivity contribution in [1.29, 1.82) is 0 Å². The molecule has 5 rings (SSSR count). The second kappa shape index (κ2) is 9.65. The van der Waals surface area contributed by atoms with Crippen molar-refractivity contribution >= 4 is 11.8 Å². The molecule has 0 unspecified atom stereocenters.